The van der Waals surface area contributed by atoms with Crippen LogP contribution >= 0.6 is 0 Å². The lowest BCUT2D eigenvalue weighted by Crippen LogP contribution is -2.38. The van der Waals surface area contributed by atoms with Gasteiger partial charge < -0.3 is 4.74 Å². The fourth-order valence-electron chi connectivity index (χ4n) is 3.40. The number of rotatable bonds is 1. The highest BCUT2D eigenvalue weighted by atomic mass is 16.6. The average Bonchev–Trinajstić information content (AvgIpc) is 3.10. The Labute approximate surface area is 163 Å². The Bertz CT molecular complexity index is 1090. The van der Waals surface area contributed by atoms with E-state index in [-0.39, 0.29) is 12.0 Å². The lowest BCUT2D eigenvalue weighted by molar-refractivity contribution is 0.0584. The van der Waals surface area contributed by atoms with E-state index in [0.29, 0.717) is 12.1 Å². The van der Waals surface area contributed by atoms with Crippen LogP contribution in [0, 0.1) is 0 Å². The molecule has 0 aliphatic carbocycles. The summed E-state index contributed by atoms with van der Waals surface area (Å²) in [5.74, 6) is -0.0839. The number of aromatic nitrogens is 1. The quantitative estimate of drug-likeness (QED) is 0.595. The van der Waals surface area contributed by atoms with E-state index < -0.39 is 5.60 Å². The molecule has 0 saturated heterocycles. The van der Waals surface area contributed by atoms with Crippen molar-refractivity contribution in [3.63, 3.8) is 0 Å². The van der Waals surface area contributed by atoms with Crippen molar-refractivity contribution in [3.05, 3.63) is 71.9 Å². The van der Waals surface area contributed by atoms with Crippen LogP contribution < -0.4 is 4.90 Å². The molecule has 142 valence electrons. The molecule has 0 N–H and O–H groups in total. The summed E-state index contributed by atoms with van der Waals surface area (Å²) >= 11 is 0. The lowest BCUT2D eigenvalue weighted by Gasteiger charge is -2.29. The second-order valence-corrected chi connectivity index (χ2v) is 7.78. The number of amides is 1. The van der Waals surface area contributed by atoms with Crippen molar-refractivity contribution < 1.29 is 14.3 Å². The molecule has 0 radical (unpaired) electrons. The van der Waals surface area contributed by atoms with Crippen LogP contribution in [0.4, 0.5) is 10.5 Å². The largest absolute Gasteiger partial charge is 0.443 e. The molecular formula is C23H22N2O3. The summed E-state index contributed by atoms with van der Waals surface area (Å²) in [6.45, 7) is 6.01. The fourth-order valence-corrected chi connectivity index (χ4v) is 3.40. The van der Waals surface area contributed by atoms with E-state index in [2.05, 4.69) is 0 Å². The molecule has 0 bridgehead atoms. The second-order valence-electron chi connectivity index (χ2n) is 7.78. The van der Waals surface area contributed by atoms with Gasteiger partial charge in [-0.3, -0.25) is 14.3 Å². The number of benzene rings is 2. The smallest absolute Gasteiger partial charge is 0.415 e. The van der Waals surface area contributed by atoms with Crippen LogP contribution in [0.25, 0.3) is 17.0 Å². The number of carbonyl (C=O) groups is 2. The van der Waals surface area contributed by atoms with Gasteiger partial charge in [-0.2, -0.15) is 0 Å². The number of hydrogen-bond acceptors (Lipinski definition) is 3. The van der Waals surface area contributed by atoms with Crippen LogP contribution in [0.1, 0.15) is 36.7 Å². The lowest BCUT2D eigenvalue weighted by atomic mass is 10.0. The monoisotopic (exact) mass is 374 g/mol. The maximum absolute atomic E-state index is 12.9. The first-order chi connectivity index (χ1) is 13.3. The molecule has 0 fully saturated rings. The van der Waals surface area contributed by atoms with E-state index in [9.17, 15) is 9.59 Å². The summed E-state index contributed by atoms with van der Waals surface area (Å²) in [4.78, 5) is 27.1. The summed E-state index contributed by atoms with van der Waals surface area (Å²) < 4.78 is 7.19. The van der Waals surface area contributed by atoms with Crippen LogP contribution in [0.15, 0.2) is 60.8 Å². The summed E-state index contributed by atoms with van der Waals surface area (Å²) in [7, 11) is 0. The standard InChI is InChI=1S/C23H22N2O3/c1-23(2,3)28-22(27)25-14-7-10-17-18-13-15-24(19(18)11-12-20(17)25)21(26)16-8-5-4-6-9-16/h4-13,15H,14H2,1-3H3. The molecule has 5 heteroatoms. The van der Waals surface area contributed by atoms with Crippen molar-refractivity contribution in [2.45, 2.75) is 26.4 Å². The zero-order valence-electron chi connectivity index (χ0n) is 16.2. The zero-order chi connectivity index (χ0) is 19.9. The summed E-state index contributed by atoms with van der Waals surface area (Å²) in [6.07, 6.45) is 5.33. The van der Waals surface area contributed by atoms with Gasteiger partial charge in [0, 0.05) is 29.3 Å². The molecule has 3 aromatic rings. The predicted molar refractivity (Wildman–Crippen MR) is 111 cm³/mol. The number of fused-ring (bicyclic) bond motifs is 3. The molecule has 2 heterocycles. The number of hydrogen-bond donors (Lipinski definition) is 0. The van der Waals surface area contributed by atoms with E-state index in [1.165, 1.54) is 0 Å². The van der Waals surface area contributed by atoms with Crippen LogP contribution in [0.2, 0.25) is 0 Å². The van der Waals surface area contributed by atoms with Crippen LogP contribution in [0.5, 0.6) is 0 Å². The molecule has 0 atom stereocenters. The van der Waals surface area contributed by atoms with E-state index in [1.54, 1.807) is 27.8 Å². The molecule has 1 aliphatic rings. The first-order valence-electron chi connectivity index (χ1n) is 9.26. The average molecular weight is 374 g/mol. The van der Waals surface area contributed by atoms with Gasteiger partial charge >= 0.3 is 6.09 Å². The van der Waals surface area contributed by atoms with Crippen LogP contribution in [-0.2, 0) is 4.74 Å². The predicted octanol–water partition coefficient (Wildman–Crippen LogP) is 5.10. The Morgan fingerprint density at radius 2 is 1.75 bits per heavy atom. The van der Waals surface area contributed by atoms with Gasteiger partial charge in [-0.05, 0) is 51.1 Å². The molecule has 28 heavy (non-hydrogen) atoms. The maximum Gasteiger partial charge on any atom is 0.415 e. The summed E-state index contributed by atoms with van der Waals surface area (Å²) in [6, 6.07) is 14.9. The molecule has 1 aromatic heterocycles. The fraction of sp³-hybridized carbons (Fsp3) is 0.217. The maximum atomic E-state index is 12.9. The van der Waals surface area contributed by atoms with Gasteiger partial charge in [-0.25, -0.2) is 4.79 Å². The third-order valence-corrected chi connectivity index (χ3v) is 4.61. The Kier molecular flexibility index (Phi) is 4.30. The van der Waals surface area contributed by atoms with E-state index >= 15 is 0 Å². The highest BCUT2D eigenvalue weighted by Gasteiger charge is 2.27. The molecule has 1 amide bonds. The Morgan fingerprint density at radius 1 is 1.00 bits per heavy atom. The highest BCUT2D eigenvalue weighted by molar-refractivity contribution is 6.07. The van der Waals surface area contributed by atoms with Gasteiger partial charge in [-0.15, -0.1) is 0 Å². The SMILES string of the molecule is CC(C)(C)OC(=O)N1CC=Cc2c1ccc1c2ccn1C(=O)c1ccccc1. The molecular weight excluding hydrogens is 352 g/mol. The minimum atomic E-state index is -0.562. The van der Waals surface area contributed by atoms with Crippen molar-refractivity contribution in [2.24, 2.45) is 0 Å². The second kappa shape index (κ2) is 6.68. The van der Waals surface area contributed by atoms with Crippen LogP contribution in [0.3, 0.4) is 0 Å². The van der Waals surface area contributed by atoms with Crippen LogP contribution in [-0.4, -0.2) is 28.7 Å². The molecule has 0 unspecified atom stereocenters. The Balaban J connectivity index is 1.75. The zero-order valence-corrected chi connectivity index (χ0v) is 16.2. The van der Waals surface area contributed by atoms with Gasteiger partial charge in [0.05, 0.1) is 11.2 Å². The number of anilines is 1. The van der Waals surface area contributed by atoms with Gasteiger partial charge in [0.2, 0.25) is 0 Å². The van der Waals surface area contributed by atoms with Crippen molar-refractivity contribution in [3.8, 4) is 0 Å². The minimum Gasteiger partial charge on any atom is -0.443 e. The van der Waals surface area contributed by atoms with E-state index in [4.69, 9.17) is 4.74 Å². The van der Waals surface area contributed by atoms with Crippen molar-refractivity contribution in [2.75, 3.05) is 11.4 Å². The van der Waals surface area contributed by atoms with E-state index in [0.717, 1.165) is 22.2 Å². The first-order valence-corrected chi connectivity index (χ1v) is 9.26. The van der Waals surface area contributed by atoms with Crippen molar-refractivity contribution >= 4 is 34.7 Å². The minimum absolute atomic E-state index is 0.0839. The molecule has 1 aliphatic heterocycles. The third kappa shape index (κ3) is 3.20. The number of carbonyl (C=O) groups excluding carboxylic acids is 2. The third-order valence-electron chi connectivity index (χ3n) is 4.61. The molecule has 0 spiro atoms. The molecule has 0 saturated carbocycles. The molecule has 4 rings (SSSR count). The topological polar surface area (TPSA) is 51.5 Å². The van der Waals surface area contributed by atoms with Gasteiger partial charge in [0.25, 0.3) is 5.91 Å². The highest BCUT2D eigenvalue weighted by Crippen LogP contribution is 2.34. The Morgan fingerprint density at radius 3 is 2.46 bits per heavy atom. The van der Waals surface area contributed by atoms with Crippen molar-refractivity contribution in [1.82, 2.24) is 4.57 Å². The summed E-state index contributed by atoms with van der Waals surface area (Å²) in [5, 5.41) is 0.922. The first kappa shape index (κ1) is 18.0. The van der Waals surface area contributed by atoms with Crippen molar-refractivity contribution in [1.29, 1.82) is 0 Å². The number of nitrogens with zero attached hydrogens (tertiary/aromatic N) is 2. The van der Waals surface area contributed by atoms with Gasteiger partial charge in [0.15, 0.2) is 0 Å². The number of ether oxygens (including phenoxy) is 1. The van der Waals surface area contributed by atoms with E-state index in [1.807, 2.05) is 69.3 Å². The molecule has 5 nitrogen and oxygen atoms in total. The van der Waals surface area contributed by atoms with Gasteiger partial charge in [-0.1, -0.05) is 30.4 Å². The van der Waals surface area contributed by atoms with Gasteiger partial charge in [0.1, 0.15) is 5.60 Å². The normalized spacial score (nSPS) is 13.5. The Hall–Kier alpha value is -3.34. The summed E-state index contributed by atoms with van der Waals surface area (Å²) in [5.41, 5.74) is 2.57. The molecule has 2 aromatic carbocycles.